The highest BCUT2D eigenvalue weighted by Crippen LogP contribution is 2.51. The monoisotopic (exact) mass is 292 g/mol. The molecule has 5 heteroatoms. The fraction of sp³-hybridized carbons (Fsp3) is 0.625. The van der Waals surface area contributed by atoms with Crippen LogP contribution in [0.2, 0.25) is 0 Å². The van der Waals surface area contributed by atoms with Crippen LogP contribution in [0.25, 0.3) is 0 Å². The summed E-state index contributed by atoms with van der Waals surface area (Å²) in [5, 5.41) is 12.8. The maximum Gasteiger partial charge on any atom is 0.224 e. The number of pyridine rings is 1. The highest BCUT2D eigenvalue weighted by molar-refractivity contribution is 5.79. The molecule has 0 saturated heterocycles. The van der Waals surface area contributed by atoms with Gasteiger partial charge in [0, 0.05) is 30.8 Å². The van der Waals surface area contributed by atoms with Crippen molar-refractivity contribution in [3.05, 3.63) is 30.1 Å². The van der Waals surface area contributed by atoms with Crippen molar-refractivity contribution in [2.24, 2.45) is 5.41 Å². The maximum atomic E-state index is 12.2. The Morgan fingerprint density at radius 2 is 2.14 bits per heavy atom. The van der Waals surface area contributed by atoms with Crippen LogP contribution in [0.4, 0.5) is 0 Å². The zero-order valence-electron chi connectivity index (χ0n) is 12.9. The van der Waals surface area contributed by atoms with E-state index in [9.17, 15) is 9.90 Å². The lowest BCUT2D eigenvalue weighted by atomic mass is 9.54. The topological polar surface area (TPSA) is 71.5 Å². The highest BCUT2D eigenvalue weighted by atomic mass is 16.5. The molecule has 1 amide bonds. The van der Waals surface area contributed by atoms with Crippen LogP contribution in [0.15, 0.2) is 24.5 Å². The van der Waals surface area contributed by atoms with E-state index < -0.39 is 5.54 Å². The molecule has 1 saturated carbocycles. The Labute approximate surface area is 125 Å². The molecule has 0 unspecified atom stereocenters. The van der Waals surface area contributed by atoms with Gasteiger partial charge in [0.05, 0.1) is 24.7 Å². The summed E-state index contributed by atoms with van der Waals surface area (Å²) in [6.45, 7) is 6.57. The van der Waals surface area contributed by atoms with Gasteiger partial charge < -0.3 is 15.2 Å². The van der Waals surface area contributed by atoms with Gasteiger partial charge in [-0.1, -0.05) is 13.8 Å². The molecule has 1 heterocycles. The Morgan fingerprint density at radius 1 is 1.48 bits per heavy atom. The lowest BCUT2D eigenvalue weighted by molar-refractivity contribution is -0.180. The largest absolute Gasteiger partial charge is 0.394 e. The van der Waals surface area contributed by atoms with Gasteiger partial charge in [-0.25, -0.2) is 0 Å². The van der Waals surface area contributed by atoms with Crippen LogP contribution in [0.5, 0.6) is 0 Å². The van der Waals surface area contributed by atoms with Gasteiger partial charge in [-0.05, 0) is 24.6 Å². The number of hydrogen-bond donors (Lipinski definition) is 2. The third-order valence-corrected chi connectivity index (χ3v) is 4.70. The number of nitrogens with zero attached hydrogens (tertiary/aromatic N) is 1. The number of nitrogens with one attached hydrogen (secondary N) is 1. The van der Waals surface area contributed by atoms with Crippen molar-refractivity contribution >= 4 is 5.91 Å². The molecular formula is C16H24N2O3. The number of ether oxygens (including phenoxy) is 1. The molecule has 0 aromatic carbocycles. The van der Waals surface area contributed by atoms with Crippen molar-refractivity contribution in [3.63, 3.8) is 0 Å². The van der Waals surface area contributed by atoms with E-state index in [1.54, 1.807) is 12.4 Å². The van der Waals surface area contributed by atoms with E-state index in [2.05, 4.69) is 10.3 Å². The summed E-state index contributed by atoms with van der Waals surface area (Å²) in [6.07, 6.45) is 4.34. The maximum absolute atomic E-state index is 12.2. The first-order valence-electron chi connectivity index (χ1n) is 7.37. The SMILES string of the molecule is CCO[C@@H]1C[C@](CO)(NC(=O)Cc2ccncc2)C1(C)C. The highest BCUT2D eigenvalue weighted by Gasteiger charge is 2.61. The summed E-state index contributed by atoms with van der Waals surface area (Å²) in [6, 6.07) is 3.64. The van der Waals surface area contributed by atoms with E-state index in [0.717, 1.165) is 5.56 Å². The standard InChI is InChI=1S/C16H24N2O3/c1-4-21-13-10-16(11-19,15(13,2)3)18-14(20)9-12-5-7-17-8-6-12/h5-8,13,19H,4,9-11H2,1-3H3,(H,18,20)/t13-,16-/m1/s1. The Bertz CT molecular complexity index is 490. The van der Waals surface area contributed by atoms with Crippen molar-refractivity contribution in [2.45, 2.75) is 45.3 Å². The second kappa shape index (κ2) is 6.12. The molecule has 2 rings (SSSR count). The minimum atomic E-state index is -0.600. The average Bonchev–Trinajstić information content (AvgIpc) is 2.46. The molecular weight excluding hydrogens is 268 g/mol. The molecule has 2 atom stereocenters. The van der Waals surface area contributed by atoms with Crippen molar-refractivity contribution in [2.75, 3.05) is 13.2 Å². The molecule has 1 aliphatic rings. The van der Waals surface area contributed by atoms with E-state index in [1.165, 1.54) is 0 Å². The molecule has 1 aliphatic carbocycles. The molecule has 0 aliphatic heterocycles. The Hall–Kier alpha value is -1.46. The Morgan fingerprint density at radius 3 is 2.67 bits per heavy atom. The van der Waals surface area contributed by atoms with Gasteiger partial charge in [0.15, 0.2) is 0 Å². The summed E-state index contributed by atoms with van der Waals surface area (Å²) in [5.41, 5.74) is 0.0249. The van der Waals surface area contributed by atoms with Crippen LogP contribution in [0, 0.1) is 5.41 Å². The molecule has 2 N–H and O–H groups in total. The van der Waals surface area contributed by atoms with E-state index in [0.29, 0.717) is 19.4 Å². The minimum absolute atomic E-state index is 0.0656. The first-order valence-corrected chi connectivity index (χ1v) is 7.37. The van der Waals surface area contributed by atoms with Crippen molar-refractivity contribution < 1.29 is 14.6 Å². The number of amides is 1. The number of aliphatic hydroxyl groups excluding tert-OH is 1. The fourth-order valence-electron chi connectivity index (χ4n) is 3.00. The predicted molar refractivity (Wildman–Crippen MR) is 79.7 cm³/mol. The first-order chi connectivity index (χ1) is 9.95. The molecule has 0 spiro atoms. The molecule has 0 bridgehead atoms. The van der Waals surface area contributed by atoms with Crippen molar-refractivity contribution in [3.8, 4) is 0 Å². The number of rotatable bonds is 6. The molecule has 1 fully saturated rings. The summed E-state index contributed by atoms with van der Waals surface area (Å²) >= 11 is 0. The first kappa shape index (κ1) is 15.9. The van der Waals surface area contributed by atoms with E-state index >= 15 is 0 Å². The Kier molecular flexibility index (Phi) is 4.64. The van der Waals surface area contributed by atoms with Crippen molar-refractivity contribution in [1.82, 2.24) is 10.3 Å². The van der Waals surface area contributed by atoms with Gasteiger partial charge in [-0.15, -0.1) is 0 Å². The van der Waals surface area contributed by atoms with E-state index in [1.807, 2.05) is 32.9 Å². The van der Waals surface area contributed by atoms with E-state index in [-0.39, 0.29) is 24.0 Å². The number of aliphatic hydroxyl groups is 1. The number of carbonyl (C=O) groups is 1. The van der Waals surface area contributed by atoms with Crippen LogP contribution in [0.1, 0.15) is 32.8 Å². The van der Waals surface area contributed by atoms with Gasteiger partial charge in [-0.2, -0.15) is 0 Å². The quantitative estimate of drug-likeness (QED) is 0.829. The molecule has 1 aromatic rings. The lowest BCUT2D eigenvalue weighted by Gasteiger charge is -2.60. The fourth-order valence-corrected chi connectivity index (χ4v) is 3.00. The second-order valence-electron chi connectivity index (χ2n) is 6.19. The number of aromatic nitrogens is 1. The normalized spacial score (nSPS) is 27.0. The molecule has 21 heavy (non-hydrogen) atoms. The molecule has 5 nitrogen and oxygen atoms in total. The average molecular weight is 292 g/mol. The minimum Gasteiger partial charge on any atom is -0.394 e. The summed E-state index contributed by atoms with van der Waals surface area (Å²) < 4.78 is 5.68. The second-order valence-corrected chi connectivity index (χ2v) is 6.19. The number of hydrogen-bond acceptors (Lipinski definition) is 4. The summed E-state index contributed by atoms with van der Waals surface area (Å²) in [4.78, 5) is 16.2. The van der Waals surface area contributed by atoms with Crippen LogP contribution >= 0.6 is 0 Å². The Balaban J connectivity index is 2.01. The van der Waals surface area contributed by atoms with Crippen LogP contribution in [-0.2, 0) is 16.0 Å². The van der Waals surface area contributed by atoms with Gasteiger partial charge in [-0.3, -0.25) is 9.78 Å². The summed E-state index contributed by atoms with van der Waals surface area (Å²) in [7, 11) is 0. The van der Waals surface area contributed by atoms with Crippen LogP contribution < -0.4 is 5.32 Å². The molecule has 116 valence electrons. The third kappa shape index (κ3) is 2.94. The zero-order chi connectivity index (χ0) is 15.5. The lowest BCUT2D eigenvalue weighted by Crippen LogP contribution is -2.74. The molecule has 0 radical (unpaired) electrons. The third-order valence-electron chi connectivity index (χ3n) is 4.70. The smallest absolute Gasteiger partial charge is 0.224 e. The van der Waals surface area contributed by atoms with Gasteiger partial charge >= 0.3 is 0 Å². The van der Waals surface area contributed by atoms with Crippen LogP contribution in [0.3, 0.4) is 0 Å². The van der Waals surface area contributed by atoms with E-state index in [4.69, 9.17) is 4.74 Å². The van der Waals surface area contributed by atoms with Crippen LogP contribution in [-0.4, -0.2) is 40.9 Å². The number of carbonyl (C=O) groups excluding carboxylic acids is 1. The predicted octanol–water partition coefficient (Wildman–Crippen LogP) is 1.31. The summed E-state index contributed by atoms with van der Waals surface area (Å²) in [5.74, 6) is -0.0849. The van der Waals surface area contributed by atoms with Gasteiger partial charge in [0.1, 0.15) is 0 Å². The van der Waals surface area contributed by atoms with Gasteiger partial charge in [0.2, 0.25) is 5.91 Å². The molecule has 1 aromatic heterocycles. The van der Waals surface area contributed by atoms with Gasteiger partial charge in [0.25, 0.3) is 0 Å². The van der Waals surface area contributed by atoms with Crippen molar-refractivity contribution in [1.29, 1.82) is 0 Å². The zero-order valence-corrected chi connectivity index (χ0v) is 12.9.